The summed E-state index contributed by atoms with van der Waals surface area (Å²) in [6.45, 7) is 9.67. The fraction of sp³-hybridized carbons (Fsp3) is 0.480. The summed E-state index contributed by atoms with van der Waals surface area (Å²) in [4.78, 5) is 34.4. The van der Waals surface area contributed by atoms with E-state index in [0.717, 1.165) is 29.0 Å². The Morgan fingerprint density at radius 3 is 2.54 bits per heavy atom. The molecule has 1 aliphatic rings. The molecule has 0 aliphatic carbocycles. The van der Waals surface area contributed by atoms with Crippen molar-refractivity contribution in [2.24, 2.45) is 10.4 Å². The van der Waals surface area contributed by atoms with Crippen LogP contribution in [0.25, 0.3) is 0 Å². The van der Waals surface area contributed by atoms with E-state index in [1.165, 1.54) is 0 Å². The summed E-state index contributed by atoms with van der Waals surface area (Å²) in [5, 5.41) is 5.35. The Morgan fingerprint density at radius 1 is 1.20 bits per heavy atom. The van der Waals surface area contributed by atoms with E-state index in [1.54, 1.807) is 18.3 Å². The van der Waals surface area contributed by atoms with Crippen LogP contribution in [0.5, 0.6) is 0 Å². The lowest BCUT2D eigenvalue weighted by molar-refractivity contribution is -0.132. The van der Waals surface area contributed by atoms with E-state index in [0.29, 0.717) is 33.1 Å². The molecule has 2 aromatic heterocycles. The van der Waals surface area contributed by atoms with Gasteiger partial charge in [-0.2, -0.15) is 13.2 Å². The first-order valence-corrected chi connectivity index (χ1v) is 12.3. The van der Waals surface area contributed by atoms with E-state index in [9.17, 15) is 22.8 Å². The van der Waals surface area contributed by atoms with Crippen molar-refractivity contribution in [3.8, 4) is 0 Å². The first-order chi connectivity index (χ1) is 16.3. The number of thiophene rings is 1. The van der Waals surface area contributed by atoms with Gasteiger partial charge in [-0.25, -0.2) is 4.99 Å². The van der Waals surface area contributed by atoms with Crippen LogP contribution in [-0.4, -0.2) is 41.3 Å². The number of aromatic amines is 1. The second kappa shape index (κ2) is 10.4. The van der Waals surface area contributed by atoms with Crippen molar-refractivity contribution in [3.63, 3.8) is 0 Å². The highest BCUT2D eigenvalue weighted by atomic mass is 32.1. The summed E-state index contributed by atoms with van der Waals surface area (Å²) in [6, 6.07) is 3.24. The lowest BCUT2D eigenvalue weighted by Crippen LogP contribution is -2.41. The number of rotatable bonds is 7. The Labute approximate surface area is 207 Å². The molecule has 0 bridgehead atoms. The lowest BCUT2D eigenvalue weighted by Gasteiger charge is -2.28. The monoisotopic (exact) mass is 508 g/mol. The summed E-state index contributed by atoms with van der Waals surface area (Å²) in [5.74, 6) is -0.776. The van der Waals surface area contributed by atoms with Crippen molar-refractivity contribution < 1.29 is 22.8 Å². The van der Waals surface area contributed by atoms with Crippen LogP contribution in [0.2, 0.25) is 0 Å². The minimum atomic E-state index is -4.33. The molecule has 1 aliphatic heterocycles. The van der Waals surface area contributed by atoms with Gasteiger partial charge in [0.15, 0.2) is 0 Å². The Morgan fingerprint density at radius 2 is 1.91 bits per heavy atom. The minimum absolute atomic E-state index is 0.0604. The average molecular weight is 509 g/mol. The number of halogens is 3. The number of nitrogens with zero attached hydrogens (tertiary/aromatic N) is 1. The van der Waals surface area contributed by atoms with Gasteiger partial charge in [0.1, 0.15) is 0 Å². The third-order valence-electron chi connectivity index (χ3n) is 6.03. The molecule has 2 aromatic rings. The summed E-state index contributed by atoms with van der Waals surface area (Å²) in [7, 11) is 0. The lowest BCUT2D eigenvalue weighted by atomic mass is 9.88. The number of fused-ring (bicyclic) bond motifs is 1. The number of amides is 2. The largest absolute Gasteiger partial charge is 0.390 e. The topological polar surface area (TPSA) is 86.3 Å². The second-order valence-electron chi connectivity index (χ2n) is 9.71. The van der Waals surface area contributed by atoms with E-state index in [1.807, 2.05) is 19.9 Å². The fourth-order valence-corrected chi connectivity index (χ4v) is 4.25. The van der Waals surface area contributed by atoms with Gasteiger partial charge in [-0.1, -0.05) is 33.3 Å². The van der Waals surface area contributed by atoms with Crippen molar-refractivity contribution in [1.82, 2.24) is 15.6 Å². The van der Waals surface area contributed by atoms with Crippen molar-refractivity contribution in [2.45, 2.75) is 66.1 Å². The number of nitrogens with one attached hydrogen (secondary N) is 3. The van der Waals surface area contributed by atoms with E-state index in [-0.39, 0.29) is 17.4 Å². The number of hydrogen-bond acceptors (Lipinski definition) is 4. The van der Waals surface area contributed by atoms with Crippen LogP contribution < -0.4 is 10.6 Å². The molecule has 1 atom stereocenters. The normalized spacial score (nSPS) is 15.0. The molecule has 1 unspecified atom stereocenters. The van der Waals surface area contributed by atoms with Gasteiger partial charge in [-0.05, 0) is 37.0 Å². The number of carbonyl (C=O) groups excluding carboxylic acids is 2. The molecule has 0 aromatic carbocycles. The molecular formula is C25H31F3N4O2S. The van der Waals surface area contributed by atoms with Crippen LogP contribution in [0.4, 0.5) is 18.9 Å². The van der Waals surface area contributed by atoms with Crippen LogP contribution in [-0.2, 0) is 6.42 Å². The Bertz CT molecular complexity index is 1150. The van der Waals surface area contributed by atoms with E-state index in [4.69, 9.17) is 4.99 Å². The van der Waals surface area contributed by atoms with Gasteiger partial charge in [0, 0.05) is 30.9 Å². The maximum atomic E-state index is 13.1. The molecular weight excluding hydrogens is 477 g/mol. The third-order valence-corrected chi connectivity index (χ3v) is 7.14. The van der Waals surface area contributed by atoms with Crippen LogP contribution in [0.15, 0.2) is 35.0 Å². The number of allylic oxidation sites excluding steroid dienone is 2. The van der Waals surface area contributed by atoms with Crippen LogP contribution in [0, 0.1) is 5.41 Å². The van der Waals surface area contributed by atoms with Gasteiger partial charge in [0.05, 0.1) is 33.1 Å². The molecule has 35 heavy (non-hydrogen) atoms. The van der Waals surface area contributed by atoms with Crippen LogP contribution >= 0.6 is 11.3 Å². The Kier molecular flexibility index (Phi) is 7.93. The number of alkyl halides is 3. The molecule has 0 saturated heterocycles. The fourth-order valence-electron chi connectivity index (χ4n) is 3.36. The Hall–Kier alpha value is -2.88. The minimum Gasteiger partial charge on any atom is -0.362 e. The molecule has 2 amide bonds. The number of aromatic nitrogens is 1. The molecule has 0 spiro atoms. The highest BCUT2D eigenvalue weighted by Crippen LogP contribution is 2.33. The number of hydrogen-bond donors (Lipinski definition) is 3. The van der Waals surface area contributed by atoms with Gasteiger partial charge >= 0.3 is 6.18 Å². The second-order valence-corrected chi connectivity index (χ2v) is 10.8. The van der Waals surface area contributed by atoms with Gasteiger partial charge in [-0.15, -0.1) is 11.3 Å². The van der Waals surface area contributed by atoms with E-state index >= 15 is 0 Å². The van der Waals surface area contributed by atoms with Crippen molar-refractivity contribution >= 4 is 34.6 Å². The first kappa shape index (κ1) is 26.7. The molecule has 190 valence electrons. The molecule has 0 saturated carbocycles. The maximum absolute atomic E-state index is 13.1. The van der Waals surface area contributed by atoms with Crippen LogP contribution in [0.1, 0.15) is 78.1 Å². The molecule has 6 nitrogen and oxygen atoms in total. The predicted molar refractivity (Wildman–Crippen MR) is 133 cm³/mol. The average Bonchev–Trinajstić information content (AvgIpc) is 3.35. The molecule has 10 heteroatoms. The highest BCUT2D eigenvalue weighted by Gasteiger charge is 2.28. The SMILES string of the molecule is CCC1=CC(c2ccc(C(=O)NCCC(F)(F)F)s2)=Nc2c(C(=O)NC(C)C(C)(C)C)c[nH]c2C1. The molecule has 3 N–H and O–H groups in total. The summed E-state index contributed by atoms with van der Waals surface area (Å²) >= 11 is 1.15. The highest BCUT2D eigenvalue weighted by molar-refractivity contribution is 7.16. The summed E-state index contributed by atoms with van der Waals surface area (Å²) in [5.41, 5.74) is 3.44. The van der Waals surface area contributed by atoms with Gasteiger partial charge in [0.2, 0.25) is 0 Å². The molecule has 3 heterocycles. The molecule has 0 radical (unpaired) electrons. The maximum Gasteiger partial charge on any atom is 0.390 e. The van der Waals surface area contributed by atoms with Crippen molar-refractivity contribution in [2.75, 3.05) is 6.54 Å². The van der Waals surface area contributed by atoms with Gasteiger partial charge in [0.25, 0.3) is 11.8 Å². The Balaban J connectivity index is 1.88. The summed E-state index contributed by atoms with van der Waals surface area (Å²) in [6.07, 6.45) is -0.407. The first-order valence-electron chi connectivity index (χ1n) is 11.5. The summed E-state index contributed by atoms with van der Waals surface area (Å²) < 4.78 is 37.1. The van der Waals surface area contributed by atoms with Crippen molar-refractivity contribution in [3.05, 3.63) is 51.0 Å². The standard InChI is InChI=1S/C25H31F3N4O2S/c1-6-15-11-17(19-7-8-20(35-19)23(34)29-10-9-25(26,27)28)32-21-16(13-30-18(21)12-15)22(33)31-14(2)24(3,4)5/h7-8,11,13-14,30H,6,9-10,12H2,1-5H3,(H,29,34)(H,31,33). The van der Waals surface area contributed by atoms with Gasteiger partial charge < -0.3 is 15.6 Å². The van der Waals surface area contributed by atoms with E-state index in [2.05, 4.69) is 36.4 Å². The van der Waals surface area contributed by atoms with Gasteiger partial charge in [-0.3, -0.25) is 9.59 Å². The zero-order valence-electron chi connectivity index (χ0n) is 20.5. The zero-order chi connectivity index (χ0) is 26.0. The van der Waals surface area contributed by atoms with Crippen LogP contribution in [0.3, 0.4) is 0 Å². The number of carbonyl (C=O) groups is 2. The predicted octanol–water partition coefficient (Wildman–Crippen LogP) is 5.94. The zero-order valence-corrected chi connectivity index (χ0v) is 21.3. The smallest absolute Gasteiger partial charge is 0.362 e. The van der Waals surface area contributed by atoms with E-state index < -0.39 is 25.0 Å². The number of H-pyrrole nitrogens is 1. The quantitative estimate of drug-likeness (QED) is 0.433. The molecule has 3 rings (SSSR count). The number of aliphatic imine (C=N–C) groups is 1. The van der Waals surface area contributed by atoms with Crippen molar-refractivity contribution in [1.29, 1.82) is 0 Å². The molecule has 0 fully saturated rings. The third kappa shape index (κ3) is 6.84.